The van der Waals surface area contributed by atoms with E-state index >= 15 is 0 Å². The second kappa shape index (κ2) is 6.47. The van der Waals surface area contributed by atoms with E-state index in [-0.39, 0.29) is 46.7 Å². The van der Waals surface area contributed by atoms with Gasteiger partial charge in [-0.15, -0.1) is 0 Å². The molecule has 0 radical (unpaired) electrons. The van der Waals surface area contributed by atoms with Crippen LogP contribution >= 0.6 is 0 Å². The van der Waals surface area contributed by atoms with Crippen LogP contribution in [0.2, 0.25) is 0 Å². The number of phenolic OH excluding ortho intramolecular Hbond substituents is 2. The lowest BCUT2D eigenvalue weighted by Crippen LogP contribution is -2.21. The topological polar surface area (TPSA) is 93.1 Å². The highest BCUT2D eigenvalue weighted by molar-refractivity contribution is 6.02. The van der Waals surface area contributed by atoms with Gasteiger partial charge in [0.25, 0.3) is 0 Å². The van der Waals surface area contributed by atoms with E-state index in [0.717, 1.165) is 5.56 Å². The van der Waals surface area contributed by atoms with E-state index in [9.17, 15) is 19.8 Å². The first-order valence-electron chi connectivity index (χ1n) is 7.92. The molecule has 2 aromatic carbocycles. The Hall–Kier alpha value is -3.02. The van der Waals surface area contributed by atoms with Gasteiger partial charge in [-0.25, -0.2) is 0 Å². The van der Waals surface area contributed by atoms with Gasteiger partial charge in [-0.3, -0.25) is 9.59 Å². The Kier molecular flexibility index (Phi) is 4.35. The van der Waals surface area contributed by atoms with Crippen LogP contribution < -0.4 is 9.47 Å². The summed E-state index contributed by atoms with van der Waals surface area (Å²) in [6.45, 7) is 3.39. The fraction of sp³-hybridized carbons (Fsp3) is 0.263. The summed E-state index contributed by atoms with van der Waals surface area (Å²) in [5.41, 5.74) is 0.806. The molecule has 2 aromatic rings. The molecule has 1 atom stereocenters. The van der Waals surface area contributed by atoms with Crippen molar-refractivity contribution >= 4 is 11.8 Å². The third-order valence-electron chi connectivity index (χ3n) is 3.93. The van der Waals surface area contributed by atoms with Gasteiger partial charge in [-0.2, -0.15) is 0 Å². The Bertz CT molecular complexity index is 823. The smallest absolute Gasteiger partial charge is 0.313 e. The van der Waals surface area contributed by atoms with Crippen LogP contribution in [0, 0.1) is 5.92 Å². The van der Waals surface area contributed by atoms with Gasteiger partial charge < -0.3 is 19.7 Å². The molecule has 0 spiro atoms. The number of ketones is 1. The van der Waals surface area contributed by atoms with Crippen molar-refractivity contribution in [2.45, 2.75) is 26.4 Å². The fourth-order valence-corrected chi connectivity index (χ4v) is 2.58. The number of carbonyl (C=O) groups is 2. The SMILES string of the molecule is CC(C)C(=O)Oc1cc(O)c2c(c1)OC(c1ccc(O)cc1)CC2=O. The van der Waals surface area contributed by atoms with Gasteiger partial charge in [0.2, 0.25) is 0 Å². The maximum atomic E-state index is 12.4. The number of ether oxygens (including phenoxy) is 2. The second-order valence-electron chi connectivity index (χ2n) is 6.22. The van der Waals surface area contributed by atoms with Gasteiger partial charge in [-0.1, -0.05) is 26.0 Å². The number of carbonyl (C=O) groups excluding carboxylic acids is 2. The van der Waals surface area contributed by atoms with Crippen molar-refractivity contribution in [1.29, 1.82) is 0 Å². The number of fused-ring (bicyclic) bond motifs is 1. The lowest BCUT2D eigenvalue weighted by molar-refractivity contribution is -0.137. The normalized spacial score (nSPS) is 16.3. The molecule has 2 N–H and O–H groups in total. The third kappa shape index (κ3) is 3.42. The van der Waals surface area contributed by atoms with Gasteiger partial charge >= 0.3 is 5.97 Å². The molecule has 0 bridgehead atoms. The molecular weight excluding hydrogens is 324 g/mol. The Labute approximate surface area is 144 Å². The largest absolute Gasteiger partial charge is 0.508 e. The summed E-state index contributed by atoms with van der Waals surface area (Å²) in [5.74, 6) is -0.916. The molecule has 25 heavy (non-hydrogen) atoms. The molecular formula is C19H18O6. The van der Waals surface area contributed by atoms with Crippen molar-refractivity contribution in [1.82, 2.24) is 0 Å². The van der Waals surface area contributed by atoms with Crippen LogP contribution in [-0.2, 0) is 4.79 Å². The maximum Gasteiger partial charge on any atom is 0.313 e. The third-order valence-corrected chi connectivity index (χ3v) is 3.93. The number of esters is 1. The number of rotatable bonds is 3. The molecule has 130 valence electrons. The summed E-state index contributed by atoms with van der Waals surface area (Å²) in [6, 6.07) is 9.02. The zero-order valence-electron chi connectivity index (χ0n) is 13.9. The first-order chi connectivity index (χ1) is 11.8. The van der Waals surface area contributed by atoms with E-state index in [1.807, 2.05) is 0 Å². The number of aromatic hydroxyl groups is 2. The van der Waals surface area contributed by atoms with E-state index in [1.54, 1.807) is 26.0 Å². The first-order valence-corrected chi connectivity index (χ1v) is 7.92. The van der Waals surface area contributed by atoms with Crippen LogP contribution in [0.15, 0.2) is 36.4 Å². The van der Waals surface area contributed by atoms with Crippen LogP contribution in [0.3, 0.4) is 0 Å². The van der Waals surface area contributed by atoms with Crippen molar-refractivity contribution in [2.75, 3.05) is 0 Å². The van der Waals surface area contributed by atoms with Gasteiger partial charge in [0.05, 0.1) is 12.3 Å². The van der Waals surface area contributed by atoms with E-state index in [2.05, 4.69) is 0 Å². The average Bonchev–Trinajstić information content (AvgIpc) is 2.54. The van der Waals surface area contributed by atoms with Gasteiger partial charge in [0, 0.05) is 12.1 Å². The highest BCUT2D eigenvalue weighted by Gasteiger charge is 2.31. The Balaban J connectivity index is 1.93. The van der Waals surface area contributed by atoms with Crippen molar-refractivity contribution < 1.29 is 29.3 Å². The molecule has 3 rings (SSSR count). The number of phenols is 2. The molecule has 1 aliphatic rings. The van der Waals surface area contributed by atoms with Crippen molar-refractivity contribution in [3.05, 3.63) is 47.5 Å². The minimum atomic E-state index is -0.545. The first kappa shape index (κ1) is 16.8. The predicted octanol–water partition coefficient (Wildman–Crippen LogP) is 3.37. The molecule has 1 unspecified atom stereocenters. The highest BCUT2D eigenvalue weighted by Crippen LogP contribution is 2.42. The lowest BCUT2D eigenvalue weighted by atomic mass is 9.95. The van der Waals surface area contributed by atoms with Crippen molar-refractivity contribution in [2.24, 2.45) is 5.92 Å². The fourth-order valence-electron chi connectivity index (χ4n) is 2.58. The van der Waals surface area contributed by atoms with Crippen LogP contribution in [0.5, 0.6) is 23.0 Å². The molecule has 1 heterocycles. The van der Waals surface area contributed by atoms with Crippen molar-refractivity contribution in [3.8, 4) is 23.0 Å². The van der Waals surface area contributed by atoms with Gasteiger partial charge in [0.1, 0.15) is 34.7 Å². The molecule has 6 nitrogen and oxygen atoms in total. The Morgan fingerprint density at radius 3 is 2.52 bits per heavy atom. The van der Waals surface area contributed by atoms with E-state index < -0.39 is 12.1 Å². The minimum Gasteiger partial charge on any atom is -0.508 e. The summed E-state index contributed by atoms with van der Waals surface area (Å²) in [5, 5.41) is 19.5. The van der Waals surface area contributed by atoms with Crippen molar-refractivity contribution in [3.63, 3.8) is 0 Å². The zero-order chi connectivity index (χ0) is 18.1. The van der Waals surface area contributed by atoms with Crippen LogP contribution in [0.4, 0.5) is 0 Å². The maximum absolute atomic E-state index is 12.4. The van der Waals surface area contributed by atoms with Gasteiger partial charge in [0.15, 0.2) is 5.78 Å². The van der Waals surface area contributed by atoms with Crippen LogP contribution in [0.1, 0.15) is 42.3 Å². The molecule has 0 aliphatic carbocycles. The van der Waals surface area contributed by atoms with Gasteiger partial charge in [-0.05, 0) is 17.7 Å². The Morgan fingerprint density at radius 1 is 1.20 bits per heavy atom. The van der Waals surface area contributed by atoms with Crippen LogP contribution in [-0.4, -0.2) is 22.0 Å². The summed E-state index contributed by atoms with van der Waals surface area (Å²) in [7, 11) is 0. The number of hydrogen-bond acceptors (Lipinski definition) is 6. The summed E-state index contributed by atoms with van der Waals surface area (Å²) >= 11 is 0. The van der Waals surface area contributed by atoms with Crippen LogP contribution in [0.25, 0.3) is 0 Å². The van der Waals surface area contributed by atoms with E-state index in [4.69, 9.17) is 9.47 Å². The summed E-state index contributed by atoms with van der Waals surface area (Å²) < 4.78 is 11.0. The molecule has 1 aliphatic heterocycles. The molecule has 0 aromatic heterocycles. The zero-order valence-corrected chi connectivity index (χ0v) is 13.9. The average molecular weight is 342 g/mol. The molecule has 0 saturated carbocycles. The minimum absolute atomic E-state index is 0.0659. The summed E-state index contributed by atoms with van der Waals surface area (Å²) in [6.07, 6.45) is -0.479. The molecule has 0 amide bonds. The standard InChI is InChI=1S/C19H18O6/c1-10(2)19(23)24-13-7-14(21)18-15(22)9-16(25-17(18)8-13)11-3-5-12(20)6-4-11/h3-8,10,16,20-21H,9H2,1-2H3. The number of hydrogen-bond donors (Lipinski definition) is 2. The monoisotopic (exact) mass is 342 g/mol. The molecule has 0 saturated heterocycles. The highest BCUT2D eigenvalue weighted by atomic mass is 16.5. The van der Waals surface area contributed by atoms with E-state index in [0.29, 0.717) is 0 Å². The number of Topliss-reactive ketones (excluding diaryl/α,β-unsaturated/α-hetero) is 1. The second-order valence-corrected chi connectivity index (χ2v) is 6.22. The number of benzene rings is 2. The predicted molar refractivity (Wildman–Crippen MR) is 89.0 cm³/mol. The molecule has 0 fully saturated rings. The van der Waals surface area contributed by atoms with E-state index in [1.165, 1.54) is 24.3 Å². The quantitative estimate of drug-likeness (QED) is 0.656. The Morgan fingerprint density at radius 2 is 1.88 bits per heavy atom. The molecule has 6 heteroatoms. The summed E-state index contributed by atoms with van der Waals surface area (Å²) in [4.78, 5) is 24.1. The lowest BCUT2D eigenvalue weighted by Gasteiger charge is -2.26.